The Hall–Kier alpha value is -2.35. The second-order valence-electron chi connectivity index (χ2n) is 4.57. The van der Waals surface area contributed by atoms with E-state index in [1.807, 2.05) is 0 Å². The summed E-state index contributed by atoms with van der Waals surface area (Å²) < 4.78 is 26.4. The van der Waals surface area contributed by atoms with Gasteiger partial charge >= 0.3 is 5.97 Å². The molecule has 0 aliphatic carbocycles. The number of hydrogen-bond donors (Lipinski definition) is 3. The van der Waals surface area contributed by atoms with Gasteiger partial charge in [0.1, 0.15) is 5.69 Å². The van der Waals surface area contributed by atoms with Gasteiger partial charge in [-0.15, -0.1) is 0 Å². The number of aryl methyl sites for hydroxylation is 2. The highest BCUT2D eigenvalue weighted by Crippen LogP contribution is 2.18. The maximum Gasteiger partial charge on any atom is 0.354 e. The highest BCUT2D eigenvalue weighted by atomic mass is 32.2. The van der Waals surface area contributed by atoms with Gasteiger partial charge in [0.15, 0.2) is 0 Å². The monoisotopic (exact) mass is 309 g/mol. The molecule has 2 aromatic rings. The zero-order valence-electron chi connectivity index (χ0n) is 11.3. The molecule has 0 saturated heterocycles. The summed E-state index contributed by atoms with van der Waals surface area (Å²) >= 11 is 0. The van der Waals surface area contributed by atoms with Crippen LogP contribution in [0.2, 0.25) is 0 Å². The third kappa shape index (κ3) is 4.06. The summed E-state index contributed by atoms with van der Waals surface area (Å²) in [5.74, 6) is -1.35. The summed E-state index contributed by atoms with van der Waals surface area (Å²) in [6.45, 7) is 1.65. The lowest BCUT2D eigenvalue weighted by atomic mass is 10.2. The predicted octanol–water partition coefficient (Wildman–Crippen LogP) is 1.40. The third-order valence-corrected chi connectivity index (χ3v) is 4.11. The van der Waals surface area contributed by atoms with Crippen LogP contribution in [0.3, 0.4) is 0 Å². The molecule has 0 fully saturated rings. The minimum Gasteiger partial charge on any atom is -0.477 e. The molecule has 0 bridgehead atoms. The van der Waals surface area contributed by atoms with Gasteiger partial charge in [0, 0.05) is 18.1 Å². The molecule has 0 aromatic carbocycles. The first kappa shape index (κ1) is 15.0. The molecule has 21 heavy (non-hydrogen) atoms. The van der Waals surface area contributed by atoms with Gasteiger partial charge in [-0.3, -0.25) is 9.71 Å². The molecule has 2 rings (SSSR count). The number of pyridine rings is 1. The molecular weight excluding hydrogens is 294 g/mol. The molecule has 2 heterocycles. The first-order valence-electron chi connectivity index (χ1n) is 6.20. The van der Waals surface area contributed by atoms with E-state index in [0.717, 1.165) is 5.56 Å². The third-order valence-electron chi connectivity index (χ3n) is 2.84. The Kier molecular flexibility index (Phi) is 4.27. The maximum absolute atomic E-state index is 12.0. The summed E-state index contributed by atoms with van der Waals surface area (Å²) in [5.41, 5.74) is 1.30. The Morgan fingerprint density at radius 1 is 1.38 bits per heavy atom. The average molecular weight is 309 g/mol. The Morgan fingerprint density at radius 2 is 2.05 bits per heavy atom. The Bertz CT molecular complexity index is 738. The summed E-state index contributed by atoms with van der Waals surface area (Å²) in [4.78, 5) is 17.5. The Morgan fingerprint density at radius 3 is 2.67 bits per heavy atom. The lowest BCUT2D eigenvalue weighted by Gasteiger charge is -2.07. The molecule has 112 valence electrons. The minimum atomic E-state index is -3.63. The van der Waals surface area contributed by atoms with E-state index >= 15 is 0 Å². The number of aromatic amines is 1. The van der Waals surface area contributed by atoms with Crippen molar-refractivity contribution in [2.75, 3.05) is 10.5 Å². The number of anilines is 1. The van der Waals surface area contributed by atoms with Gasteiger partial charge < -0.3 is 10.1 Å². The van der Waals surface area contributed by atoms with Crippen LogP contribution < -0.4 is 4.72 Å². The number of hydrogen-bond acceptors (Lipinski definition) is 4. The highest BCUT2D eigenvalue weighted by Gasteiger charge is 2.18. The van der Waals surface area contributed by atoms with Crippen LogP contribution in [0, 0.1) is 6.92 Å². The van der Waals surface area contributed by atoms with E-state index in [9.17, 15) is 13.2 Å². The van der Waals surface area contributed by atoms with Crippen LogP contribution in [-0.2, 0) is 16.4 Å². The number of aromatic carboxylic acids is 1. The molecular formula is C13H15N3O4S. The average Bonchev–Trinajstić information content (AvgIpc) is 2.78. The van der Waals surface area contributed by atoms with Crippen molar-refractivity contribution < 1.29 is 18.3 Å². The van der Waals surface area contributed by atoms with Gasteiger partial charge in [-0.05, 0) is 37.1 Å². The van der Waals surface area contributed by atoms with E-state index in [1.54, 1.807) is 31.5 Å². The van der Waals surface area contributed by atoms with Gasteiger partial charge in [0.25, 0.3) is 0 Å². The van der Waals surface area contributed by atoms with Crippen LogP contribution in [0.15, 0.2) is 30.6 Å². The van der Waals surface area contributed by atoms with E-state index in [4.69, 9.17) is 5.11 Å². The van der Waals surface area contributed by atoms with Crippen LogP contribution in [0.5, 0.6) is 0 Å². The van der Waals surface area contributed by atoms with Gasteiger partial charge in [0.05, 0.1) is 11.4 Å². The van der Waals surface area contributed by atoms with E-state index in [-0.39, 0.29) is 17.1 Å². The van der Waals surface area contributed by atoms with Crippen LogP contribution >= 0.6 is 0 Å². The van der Waals surface area contributed by atoms with Crippen molar-refractivity contribution in [1.82, 2.24) is 9.97 Å². The number of carboxylic acid groups (broad SMARTS) is 1. The Labute approximate surface area is 122 Å². The lowest BCUT2D eigenvalue weighted by Crippen LogP contribution is -2.19. The van der Waals surface area contributed by atoms with Crippen LogP contribution in [0.4, 0.5) is 5.69 Å². The van der Waals surface area contributed by atoms with Gasteiger partial charge in [-0.2, -0.15) is 0 Å². The SMILES string of the molecule is Cc1cc(NS(=O)(=O)CCc2ccncc2)c(C(=O)O)[nH]1. The second-order valence-corrected chi connectivity index (χ2v) is 6.41. The van der Waals surface area contributed by atoms with Gasteiger partial charge in [-0.25, -0.2) is 13.2 Å². The molecule has 2 aromatic heterocycles. The predicted molar refractivity (Wildman–Crippen MR) is 77.8 cm³/mol. The molecule has 7 nitrogen and oxygen atoms in total. The molecule has 3 N–H and O–H groups in total. The normalized spacial score (nSPS) is 11.3. The standard InChI is InChI=1S/C13H15N3O4S/c1-9-8-11(12(15-9)13(17)18)16-21(19,20)7-4-10-2-5-14-6-3-10/h2-3,5-6,8,15-16H,4,7H2,1H3,(H,17,18). The van der Waals surface area contributed by atoms with E-state index in [1.165, 1.54) is 6.07 Å². The molecule has 0 spiro atoms. The number of nitrogens with one attached hydrogen (secondary N) is 2. The second kappa shape index (κ2) is 5.96. The number of nitrogens with zero attached hydrogens (tertiary/aromatic N) is 1. The molecule has 0 amide bonds. The zero-order valence-corrected chi connectivity index (χ0v) is 12.1. The number of aromatic nitrogens is 2. The van der Waals surface area contributed by atoms with E-state index in [0.29, 0.717) is 12.1 Å². The van der Waals surface area contributed by atoms with Crippen molar-refractivity contribution in [3.63, 3.8) is 0 Å². The van der Waals surface area contributed by atoms with E-state index < -0.39 is 16.0 Å². The fraction of sp³-hybridized carbons (Fsp3) is 0.231. The van der Waals surface area contributed by atoms with Crippen LogP contribution in [-0.4, -0.2) is 35.2 Å². The molecule has 0 unspecified atom stereocenters. The largest absolute Gasteiger partial charge is 0.477 e. The number of H-pyrrole nitrogens is 1. The highest BCUT2D eigenvalue weighted by molar-refractivity contribution is 7.92. The quantitative estimate of drug-likeness (QED) is 0.746. The smallest absolute Gasteiger partial charge is 0.354 e. The molecule has 0 aliphatic heterocycles. The minimum absolute atomic E-state index is 0.0507. The van der Waals surface area contributed by atoms with Crippen molar-refractivity contribution in [3.05, 3.63) is 47.5 Å². The molecule has 0 radical (unpaired) electrons. The topological polar surface area (TPSA) is 112 Å². The number of rotatable bonds is 6. The van der Waals surface area contributed by atoms with Crippen molar-refractivity contribution in [2.45, 2.75) is 13.3 Å². The Balaban J connectivity index is 2.09. The van der Waals surface area contributed by atoms with Crippen molar-refractivity contribution in [3.8, 4) is 0 Å². The summed E-state index contributed by atoms with van der Waals surface area (Å²) in [5, 5.41) is 9.01. The van der Waals surface area contributed by atoms with Gasteiger partial charge in [0.2, 0.25) is 10.0 Å². The van der Waals surface area contributed by atoms with Crippen molar-refractivity contribution in [2.24, 2.45) is 0 Å². The van der Waals surface area contributed by atoms with Crippen LogP contribution in [0.1, 0.15) is 21.7 Å². The summed E-state index contributed by atoms with van der Waals surface area (Å²) in [6, 6.07) is 4.92. The van der Waals surface area contributed by atoms with Crippen LogP contribution in [0.25, 0.3) is 0 Å². The molecule has 0 aliphatic rings. The summed E-state index contributed by atoms with van der Waals surface area (Å²) in [7, 11) is -3.63. The number of carbonyl (C=O) groups is 1. The summed E-state index contributed by atoms with van der Waals surface area (Å²) in [6.07, 6.45) is 3.50. The van der Waals surface area contributed by atoms with E-state index in [2.05, 4.69) is 14.7 Å². The van der Waals surface area contributed by atoms with Crippen molar-refractivity contribution >= 4 is 21.7 Å². The first-order valence-corrected chi connectivity index (χ1v) is 7.85. The lowest BCUT2D eigenvalue weighted by molar-refractivity contribution is 0.0692. The first-order chi connectivity index (χ1) is 9.87. The number of sulfonamides is 1. The zero-order chi connectivity index (χ0) is 15.5. The van der Waals surface area contributed by atoms with Crippen molar-refractivity contribution in [1.29, 1.82) is 0 Å². The maximum atomic E-state index is 12.0. The fourth-order valence-corrected chi connectivity index (χ4v) is 2.96. The fourth-order valence-electron chi connectivity index (χ4n) is 1.86. The molecule has 0 atom stereocenters. The molecule has 8 heteroatoms. The number of carboxylic acids is 1. The van der Waals surface area contributed by atoms with Gasteiger partial charge in [-0.1, -0.05) is 0 Å². The molecule has 0 saturated carbocycles.